The lowest BCUT2D eigenvalue weighted by Gasteiger charge is -2.06. The van der Waals surface area contributed by atoms with Crippen LogP contribution in [0.25, 0.3) is 0 Å². The summed E-state index contributed by atoms with van der Waals surface area (Å²) in [4.78, 5) is 11.3. The molecule has 1 rings (SSSR count). The molecule has 0 saturated heterocycles. The molecule has 0 radical (unpaired) electrons. The number of amidine groups is 1. The maximum atomic E-state index is 11.3. The normalized spacial score (nSPS) is 10.5. The number of benzene rings is 1. The number of nitrogens with one attached hydrogen (secondary N) is 2. The summed E-state index contributed by atoms with van der Waals surface area (Å²) in [5.41, 5.74) is 8.38. The molecule has 0 spiro atoms. The van der Waals surface area contributed by atoms with Gasteiger partial charge in [-0.25, -0.2) is 4.79 Å². The van der Waals surface area contributed by atoms with Crippen LogP contribution in [0, 0.1) is 16.7 Å². The molecule has 0 aliphatic heterocycles. The second kappa shape index (κ2) is 6.51. The van der Waals surface area contributed by atoms with Crippen molar-refractivity contribution in [3.8, 4) is 6.07 Å². The molecule has 0 bridgehead atoms. The van der Waals surface area contributed by atoms with Crippen molar-refractivity contribution in [2.24, 2.45) is 10.8 Å². The van der Waals surface area contributed by atoms with Gasteiger partial charge in [0.25, 0.3) is 0 Å². The number of hydrazone groups is 1. The number of nitrogens with two attached hydrogens (primary N) is 1. The fourth-order valence-corrected chi connectivity index (χ4v) is 1.58. The van der Waals surface area contributed by atoms with E-state index in [0.29, 0.717) is 15.7 Å². The molecule has 0 unspecified atom stereocenters. The third-order valence-corrected chi connectivity index (χ3v) is 2.70. The van der Waals surface area contributed by atoms with Crippen molar-refractivity contribution in [1.29, 1.82) is 10.7 Å². The Labute approximate surface area is 117 Å². The Hall–Kier alpha value is -2.40. The zero-order valence-corrected chi connectivity index (χ0v) is 11.5. The summed E-state index contributed by atoms with van der Waals surface area (Å²) in [5, 5.41) is 19.5. The molecule has 1 aromatic rings. The van der Waals surface area contributed by atoms with Gasteiger partial charge in [0.2, 0.25) is 5.71 Å². The average Bonchev–Trinajstić information content (AvgIpc) is 2.39. The Morgan fingerprint density at radius 3 is 2.79 bits per heavy atom. The first-order valence-electron chi connectivity index (χ1n) is 4.95. The predicted octanol–water partition coefficient (Wildman–Crippen LogP) is 1.46. The monoisotopic (exact) mass is 323 g/mol. The molecule has 0 aromatic heterocycles. The number of ether oxygens (including phenoxy) is 1. The average molecular weight is 324 g/mol. The minimum Gasteiger partial charge on any atom is -0.465 e. The molecule has 0 heterocycles. The third kappa shape index (κ3) is 3.79. The van der Waals surface area contributed by atoms with E-state index in [1.807, 2.05) is 0 Å². The molecule has 98 valence electrons. The Bertz CT molecular complexity index is 591. The van der Waals surface area contributed by atoms with Gasteiger partial charge in [0.15, 0.2) is 5.84 Å². The van der Waals surface area contributed by atoms with Crippen LogP contribution >= 0.6 is 15.9 Å². The number of esters is 1. The van der Waals surface area contributed by atoms with Gasteiger partial charge in [0.1, 0.15) is 6.07 Å². The van der Waals surface area contributed by atoms with Gasteiger partial charge in [-0.05, 0) is 34.1 Å². The summed E-state index contributed by atoms with van der Waals surface area (Å²) in [5.74, 6) is -0.894. The highest BCUT2D eigenvalue weighted by molar-refractivity contribution is 9.10. The van der Waals surface area contributed by atoms with E-state index in [2.05, 4.69) is 31.2 Å². The Morgan fingerprint density at radius 2 is 2.32 bits per heavy atom. The lowest BCUT2D eigenvalue weighted by Crippen LogP contribution is -2.21. The topological polar surface area (TPSA) is 124 Å². The van der Waals surface area contributed by atoms with E-state index in [-0.39, 0.29) is 5.71 Å². The fourth-order valence-electron chi connectivity index (χ4n) is 1.11. The number of rotatable bonds is 4. The second-order valence-corrected chi connectivity index (χ2v) is 4.14. The third-order valence-electron chi connectivity index (χ3n) is 2.04. The van der Waals surface area contributed by atoms with Crippen molar-refractivity contribution < 1.29 is 9.53 Å². The van der Waals surface area contributed by atoms with Gasteiger partial charge in [-0.15, -0.1) is 0 Å². The molecule has 0 atom stereocenters. The molecule has 4 N–H and O–H groups in total. The minimum absolute atomic E-state index is 0.232. The molecule has 0 amide bonds. The molecule has 8 heteroatoms. The van der Waals surface area contributed by atoms with Gasteiger partial charge in [0.05, 0.1) is 18.4 Å². The maximum absolute atomic E-state index is 11.3. The first kappa shape index (κ1) is 14.7. The van der Waals surface area contributed by atoms with Gasteiger partial charge in [-0.1, -0.05) is 0 Å². The molecule has 0 fully saturated rings. The van der Waals surface area contributed by atoms with Crippen LogP contribution in [0.15, 0.2) is 27.8 Å². The number of anilines is 1. The Morgan fingerprint density at radius 1 is 1.63 bits per heavy atom. The molecule has 19 heavy (non-hydrogen) atoms. The summed E-state index contributed by atoms with van der Waals surface area (Å²) in [6.07, 6.45) is 0. The van der Waals surface area contributed by atoms with Crippen molar-refractivity contribution in [2.45, 2.75) is 0 Å². The molecule has 1 aromatic carbocycles. The smallest absolute Gasteiger partial charge is 0.337 e. The number of halogens is 1. The number of nitriles is 1. The quantitative estimate of drug-likeness (QED) is 0.335. The van der Waals surface area contributed by atoms with E-state index in [1.165, 1.54) is 13.2 Å². The van der Waals surface area contributed by atoms with Crippen LogP contribution in [0.5, 0.6) is 0 Å². The molecule has 7 nitrogen and oxygen atoms in total. The number of carbonyl (C=O) groups excluding carboxylic acids is 1. The van der Waals surface area contributed by atoms with Gasteiger partial charge in [-0.3, -0.25) is 10.8 Å². The Kier molecular flexibility index (Phi) is 5.02. The van der Waals surface area contributed by atoms with E-state index in [1.54, 1.807) is 18.2 Å². The van der Waals surface area contributed by atoms with Crippen LogP contribution in [0.3, 0.4) is 0 Å². The predicted molar refractivity (Wildman–Crippen MR) is 74.1 cm³/mol. The van der Waals surface area contributed by atoms with Crippen LogP contribution in [0.4, 0.5) is 5.69 Å². The van der Waals surface area contributed by atoms with Gasteiger partial charge in [-0.2, -0.15) is 10.4 Å². The van der Waals surface area contributed by atoms with Crippen molar-refractivity contribution >= 4 is 39.1 Å². The standard InChI is InChI=1S/C11H10BrN5O2/c1-19-11(18)6-2-3-8(7(12)4-6)16-17-9(5-13)10(14)15/h2-4,16H,1H3,(H3,14,15)/b17-9+. The first-order valence-corrected chi connectivity index (χ1v) is 5.75. The molecule has 0 saturated carbocycles. The minimum atomic E-state index is -0.461. The second-order valence-electron chi connectivity index (χ2n) is 3.28. The van der Waals surface area contributed by atoms with Crippen LogP contribution < -0.4 is 11.2 Å². The van der Waals surface area contributed by atoms with Crippen molar-refractivity contribution in [3.05, 3.63) is 28.2 Å². The van der Waals surface area contributed by atoms with Crippen molar-refractivity contribution in [2.75, 3.05) is 12.5 Å². The van der Waals surface area contributed by atoms with E-state index >= 15 is 0 Å². The number of hydrogen-bond acceptors (Lipinski definition) is 6. The van der Waals surface area contributed by atoms with E-state index in [0.717, 1.165) is 0 Å². The summed E-state index contributed by atoms with van der Waals surface area (Å²) in [6, 6.07) is 6.34. The van der Waals surface area contributed by atoms with E-state index in [9.17, 15) is 4.79 Å². The number of carbonyl (C=O) groups is 1. The molecule has 0 aliphatic rings. The van der Waals surface area contributed by atoms with Crippen LogP contribution in [0.2, 0.25) is 0 Å². The molecular formula is C11H10BrN5O2. The largest absolute Gasteiger partial charge is 0.465 e. The highest BCUT2D eigenvalue weighted by atomic mass is 79.9. The van der Waals surface area contributed by atoms with Crippen molar-refractivity contribution in [1.82, 2.24) is 0 Å². The van der Waals surface area contributed by atoms with Crippen LogP contribution in [-0.4, -0.2) is 24.6 Å². The zero-order valence-electron chi connectivity index (χ0n) is 9.90. The van der Waals surface area contributed by atoms with Gasteiger partial charge in [0, 0.05) is 4.47 Å². The Balaban J connectivity index is 2.96. The number of nitrogens with zero attached hydrogens (tertiary/aromatic N) is 2. The summed E-state index contributed by atoms with van der Waals surface area (Å²) in [6.45, 7) is 0. The number of methoxy groups -OCH3 is 1. The highest BCUT2D eigenvalue weighted by Gasteiger charge is 2.08. The summed E-state index contributed by atoms with van der Waals surface area (Å²) < 4.78 is 5.14. The SMILES string of the molecule is COC(=O)c1ccc(N/N=C(\C#N)C(=N)N)c(Br)c1. The van der Waals surface area contributed by atoms with Crippen molar-refractivity contribution in [3.63, 3.8) is 0 Å². The number of hydrogen-bond donors (Lipinski definition) is 3. The lowest BCUT2D eigenvalue weighted by molar-refractivity contribution is 0.0600. The van der Waals surface area contributed by atoms with Crippen LogP contribution in [-0.2, 0) is 4.74 Å². The van der Waals surface area contributed by atoms with Gasteiger partial charge >= 0.3 is 5.97 Å². The van der Waals surface area contributed by atoms with E-state index in [4.69, 9.17) is 16.4 Å². The lowest BCUT2D eigenvalue weighted by atomic mass is 10.2. The maximum Gasteiger partial charge on any atom is 0.337 e. The zero-order chi connectivity index (χ0) is 14.4. The molecule has 0 aliphatic carbocycles. The molecular weight excluding hydrogens is 314 g/mol. The summed E-state index contributed by atoms with van der Waals surface area (Å²) in [7, 11) is 1.29. The van der Waals surface area contributed by atoms with E-state index < -0.39 is 11.8 Å². The first-order chi connectivity index (χ1) is 8.99. The fraction of sp³-hybridized carbons (Fsp3) is 0.0909. The van der Waals surface area contributed by atoms with Crippen LogP contribution in [0.1, 0.15) is 10.4 Å². The van der Waals surface area contributed by atoms with Gasteiger partial charge < -0.3 is 10.5 Å². The summed E-state index contributed by atoms with van der Waals surface area (Å²) >= 11 is 3.25. The highest BCUT2D eigenvalue weighted by Crippen LogP contribution is 2.24.